The van der Waals surface area contributed by atoms with Gasteiger partial charge < -0.3 is 14.8 Å². The normalized spacial score (nSPS) is 17.9. The van der Waals surface area contributed by atoms with Gasteiger partial charge in [0.15, 0.2) is 0 Å². The molecule has 1 aromatic rings. The van der Waals surface area contributed by atoms with Crippen molar-refractivity contribution in [2.75, 3.05) is 27.2 Å². The molecule has 0 spiro atoms. The van der Waals surface area contributed by atoms with Crippen molar-refractivity contribution in [1.82, 2.24) is 19.8 Å². The highest BCUT2D eigenvalue weighted by atomic mass is 15.2. The first kappa shape index (κ1) is 10.6. The number of nitrogens with one attached hydrogen (secondary N) is 1. The van der Waals surface area contributed by atoms with Crippen molar-refractivity contribution in [2.45, 2.75) is 25.9 Å². The first-order chi connectivity index (χ1) is 7.18. The monoisotopic (exact) mass is 208 g/mol. The Hall–Kier alpha value is -0.870. The molecule has 0 bridgehead atoms. The molecule has 1 N–H and O–H groups in total. The van der Waals surface area contributed by atoms with E-state index in [1.165, 1.54) is 11.4 Å². The molecule has 1 aromatic heterocycles. The van der Waals surface area contributed by atoms with Crippen molar-refractivity contribution in [1.29, 1.82) is 0 Å². The summed E-state index contributed by atoms with van der Waals surface area (Å²) in [7, 11) is 4.23. The lowest BCUT2D eigenvalue weighted by atomic mass is 10.1. The SMILES string of the molecule is CC(CN(C)C)n1cnc2c1CCNC2. The molecule has 0 radical (unpaired) electrons. The number of hydrogen-bond donors (Lipinski definition) is 1. The zero-order chi connectivity index (χ0) is 10.8. The standard InChI is InChI=1S/C11H20N4/c1-9(7-14(2)3)15-8-13-10-6-12-5-4-11(10)15/h8-9,12H,4-7H2,1-3H3. The van der Waals surface area contributed by atoms with Gasteiger partial charge in [0.1, 0.15) is 0 Å². The molecule has 0 fully saturated rings. The van der Waals surface area contributed by atoms with Crippen LogP contribution >= 0.6 is 0 Å². The maximum Gasteiger partial charge on any atom is 0.0955 e. The molecule has 0 saturated heterocycles. The fraction of sp³-hybridized carbons (Fsp3) is 0.727. The maximum atomic E-state index is 4.47. The molecule has 0 saturated carbocycles. The second-order valence-electron chi connectivity index (χ2n) is 4.58. The lowest BCUT2D eigenvalue weighted by Crippen LogP contribution is -2.28. The molecule has 0 aromatic carbocycles. The average Bonchev–Trinajstić information content (AvgIpc) is 2.59. The van der Waals surface area contributed by atoms with Gasteiger partial charge >= 0.3 is 0 Å². The maximum absolute atomic E-state index is 4.47. The summed E-state index contributed by atoms with van der Waals surface area (Å²) in [5.41, 5.74) is 2.65. The summed E-state index contributed by atoms with van der Waals surface area (Å²) < 4.78 is 2.33. The number of fused-ring (bicyclic) bond motifs is 1. The van der Waals surface area contributed by atoms with Crippen molar-refractivity contribution in [3.8, 4) is 0 Å². The summed E-state index contributed by atoms with van der Waals surface area (Å²) >= 11 is 0. The quantitative estimate of drug-likeness (QED) is 0.792. The van der Waals surface area contributed by atoms with E-state index >= 15 is 0 Å². The fourth-order valence-electron chi connectivity index (χ4n) is 2.26. The van der Waals surface area contributed by atoms with Crippen LogP contribution in [-0.4, -0.2) is 41.6 Å². The Morgan fingerprint density at radius 1 is 1.60 bits per heavy atom. The lowest BCUT2D eigenvalue weighted by molar-refractivity contribution is 0.332. The summed E-state index contributed by atoms with van der Waals surface area (Å²) in [6.07, 6.45) is 3.10. The third kappa shape index (κ3) is 2.21. The highest BCUT2D eigenvalue weighted by Crippen LogP contribution is 2.17. The van der Waals surface area contributed by atoms with Gasteiger partial charge in [0, 0.05) is 37.8 Å². The van der Waals surface area contributed by atoms with E-state index in [0.29, 0.717) is 6.04 Å². The summed E-state index contributed by atoms with van der Waals surface area (Å²) in [5, 5.41) is 3.35. The van der Waals surface area contributed by atoms with Crippen molar-refractivity contribution >= 4 is 0 Å². The number of rotatable bonds is 3. The van der Waals surface area contributed by atoms with Crippen molar-refractivity contribution in [3.63, 3.8) is 0 Å². The van der Waals surface area contributed by atoms with Gasteiger partial charge in [-0.2, -0.15) is 0 Å². The molecular weight excluding hydrogens is 188 g/mol. The first-order valence-corrected chi connectivity index (χ1v) is 5.58. The fourth-order valence-corrected chi connectivity index (χ4v) is 2.26. The Bertz CT molecular complexity index is 329. The van der Waals surface area contributed by atoms with E-state index in [-0.39, 0.29) is 0 Å². The second kappa shape index (κ2) is 4.33. The number of aromatic nitrogens is 2. The van der Waals surface area contributed by atoms with Gasteiger partial charge in [-0.15, -0.1) is 0 Å². The van der Waals surface area contributed by atoms with Crippen LogP contribution in [0, 0.1) is 0 Å². The largest absolute Gasteiger partial charge is 0.330 e. The van der Waals surface area contributed by atoms with Crippen LogP contribution in [0.1, 0.15) is 24.4 Å². The number of hydrogen-bond acceptors (Lipinski definition) is 3. The van der Waals surface area contributed by atoms with Crippen molar-refractivity contribution in [2.24, 2.45) is 0 Å². The molecule has 2 heterocycles. The van der Waals surface area contributed by atoms with Gasteiger partial charge in [0.25, 0.3) is 0 Å². The van der Waals surface area contributed by atoms with Crippen LogP contribution in [-0.2, 0) is 13.0 Å². The third-order valence-electron chi connectivity index (χ3n) is 2.92. The summed E-state index contributed by atoms with van der Waals surface area (Å²) in [6, 6.07) is 0.509. The van der Waals surface area contributed by atoms with Gasteiger partial charge in [-0.1, -0.05) is 0 Å². The van der Waals surface area contributed by atoms with Gasteiger partial charge in [0.2, 0.25) is 0 Å². The first-order valence-electron chi connectivity index (χ1n) is 5.58. The molecule has 0 amide bonds. The van der Waals surface area contributed by atoms with Gasteiger partial charge in [-0.25, -0.2) is 4.98 Å². The predicted octanol–water partition coefficient (Wildman–Crippen LogP) is 0.651. The summed E-state index contributed by atoms with van der Waals surface area (Å²) in [5.74, 6) is 0. The average molecular weight is 208 g/mol. The molecule has 0 aliphatic carbocycles. The topological polar surface area (TPSA) is 33.1 Å². The van der Waals surface area contributed by atoms with E-state index < -0.39 is 0 Å². The van der Waals surface area contributed by atoms with E-state index in [1.54, 1.807) is 0 Å². The van der Waals surface area contributed by atoms with E-state index in [1.807, 2.05) is 6.33 Å². The van der Waals surface area contributed by atoms with Crippen LogP contribution in [0.25, 0.3) is 0 Å². The predicted molar refractivity (Wildman–Crippen MR) is 60.9 cm³/mol. The smallest absolute Gasteiger partial charge is 0.0955 e. The third-order valence-corrected chi connectivity index (χ3v) is 2.92. The molecule has 4 heteroatoms. The van der Waals surface area contributed by atoms with Gasteiger partial charge in [-0.3, -0.25) is 0 Å². The molecule has 15 heavy (non-hydrogen) atoms. The molecule has 4 nitrogen and oxygen atoms in total. The van der Waals surface area contributed by atoms with Crippen LogP contribution in [0.3, 0.4) is 0 Å². The van der Waals surface area contributed by atoms with Crippen LogP contribution in [0.15, 0.2) is 6.33 Å². The van der Waals surface area contributed by atoms with Crippen LogP contribution in [0.4, 0.5) is 0 Å². The Morgan fingerprint density at radius 3 is 3.13 bits per heavy atom. The number of likely N-dealkylation sites (N-methyl/N-ethyl adjacent to an activating group) is 1. The van der Waals surface area contributed by atoms with E-state index in [9.17, 15) is 0 Å². The zero-order valence-corrected chi connectivity index (χ0v) is 9.82. The summed E-state index contributed by atoms with van der Waals surface area (Å²) in [6.45, 7) is 5.32. The Morgan fingerprint density at radius 2 is 2.40 bits per heavy atom. The zero-order valence-electron chi connectivity index (χ0n) is 9.82. The van der Waals surface area contributed by atoms with Crippen LogP contribution in [0.2, 0.25) is 0 Å². The van der Waals surface area contributed by atoms with Crippen LogP contribution < -0.4 is 5.32 Å². The highest BCUT2D eigenvalue weighted by molar-refractivity contribution is 5.17. The Balaban J connectivity index is 2.17. The molecule has 1 aliphatic heterocycles. The Kier molecular flexibility index (Phi) is 3.07. The van der Waals surface area contributed by atoms with Crippen LogP contribution in [0.5, 0.6) is 0 Å². The molecule has 1 atom stereocenters. The van der Waals surface area contributed by atoms with E-state index in [4.69, 9.17) is 0 Å². The molecule has 2 rings (SSSR count). The van der Waals surface area contributed by atoms with E-state index in [0.717, 1.165) is 26.1 Å². The lowest BCUT2D eigenvalue weighted by Gasteiger charge is -2.22. The van der Waals surface area contributed by atoms with Crippen molar-refractivity contribution < 1.29 is 0 Å². The van der Waals surface area contributed by atoms with E-state index in [2.05, 4.69) is 40.8 Å². The minimum absolute atomic E-state index is 0.509. The number of nitrogens with zero attached hydrogens (tertiary/aromatic N) is 3. The molecule has 84 valence electrons. The molecule has 1 aliphatic rings. The highest BCUT2D eigenvalue weighted by Gasteiger charge is 2.17. The molecule has 1 unspecified atom stereocenters. The number of imidazole rings is 1. The van der Waals surface area contributed by atoms with Crippen molar-refractivity contribution in [3.05, 3.63) is 17.7 Å². The summed E-state index contributed by atoms with van der Waals surface area (Å²) in [4.78, 5) is 6.69. The van der Waals surface area contributed by atoms with Gasteiger partial charge in [-0.05, 0) is 21.0 Å². The Labute approximate surface area is 91.3 Å². The second-order valence-corrected chi connectivity index (χ2v) is 4.58. The molecular formula is C11H20N4. The minimum Gasteiger partial charge on any atom is -0.330 e. The van der Waals surface area contributed by atoms with Gasteiger partial charge in [0.05, 0.1) is 12.0 Å². The minimum atomic E-state index is 0.509.